The second-order valence-corrected chi connectivity index (χ2v) is 4.40. The number of nitrogens with zero attached hydrogens (tertiary/aromatic N) is 2. The molecule has 0 fully saturated rings. The van der Waals surface area contributed by atoms with E-state index in [1.807, 2.05) is 49.8 Å². The minimum atomic E-state index is -0.502. The first-order valence-corrected chi connectivity index (χ1v) is 6.67. The number of hydrogen-bond donors (Lipinski definition) is 2. The second kappa shape index (κ2) is 7.44. The molecule has 0 saturated heterocycles. The van der Waals surface area contributed by atoms with Gasteiger partial charge in [-0.25, -0.2) is 9.38 Å². The minimum Gasteiger partial charge on any atom is -0.491 e. The van der Waals surface area contributed by atoms with Crippen molar-refractivity contribution in [3.05, 3.63) is 48.3 Å². The molecule has 112 valence electrons. The number of halogens is 1. The van der Waals surface area contributed by atoms with E-state index in [1.54, 1.807) is 11.0 Å². The highest BCUT2D eigenvalue weighted by Gasteiger charge is 2.10. The van der Waals surface area contributed by atoms with E-state index in [-0.39, 0.29) is 12.8 Å². The van der Waals surface area contributed by atoms with Gasteiger partial charge in [-0.3, -0.25) is 10.2 Å². The van der Waals surface area contributed by atoms with Gasteiger partial charge < -0.3 is 10.5 Å². The fraction of sp³-hybridized carbons (Fsp3) is 0.267. The third-order valence-corrected chi connectivity index (χ3v) is 2.89. The first-order valence-electron chi connectivity index (χ1n) is 6.67. The number of ether oxygens (including phenoxy) is 1. The van der Waals surface area contributed by atoms with Crippen molar-refractivity contribution in [3.63, 3.8) is 0 Å². The van der Waals surface area contributed by atoms with Crippen molar-refractivity contribution < 1.29 is 9.13 Å². The summed E-state index contributed by atoms with van der Waals surface area (Å²) in [5.74, 6) is 1.05. The molecule has 21 heavy (non-hydrogen) atoms. The smallest absolute Gasteiger partial charge is 0.201 e. The summed E-state index contributed by atoms with van der Waals surface area (Å²) >= 11 is 0. The van der Waals surface area contributed by atoms with E-state index in [4.69, 9.17) is 10.5 Å². The Morgan fingerprint density at radius 1 is 1.52 bits per heavy atom. The molecule has 0 radical (unpaired) electrons. The standard InChI is InChI=1S/C15H19FN4O/c1-18-14-6-9-20(15(17)19-14)8-5-12-3-2-4-13(11-12)21-10-7-16/h2-6,8-9,11,14,18H,7,10H2,1H3,(H2,17,19)/b8-5+. The zero-order valence-electron chi connectivity index (χ0n) is 11.9. The van der Waals surface area contributed by atoms with Crippen LogP contribution in [0.1, 0.15) is 5.56 Å². The number of nitrogens with one attached hydrogen (secondary N) is 1. The normalized spacial score (nSPS) is 18.1. The first-order chi connectivity index (χ1) is 10.2. The predicted octanol–water partition coefficient (Wildman–Crippen LogP) is 1.70. The molecule has 1 unspecified atom stereocenters. The molecule has 0 aliphatic carbocycles. The molecule has 1 aliphatic heterocycles. The van der Waals surface area contributed by atoms with E-state index in [1.165, 1.54) is 0 Å². The van der Waals surface area contributed by atoms with Gasteiger partial charge in [-0.2, -0.15) is 0 Å². The van der Waals surface area contributed by atoms with Crippen LogP contribution in [0.25, 0.3) is 6.08 Å². The van der Waals surface area contributed by atoms with Crippen molar-refractivity contribution in [1.29, 1.82) is 0 Å². The Hall–Kier alpha value is -2.34. The summed E-state index contributed by atoms with van der Waals surface area (Å²) in [6, 6.07) is 7.41. The van der Waals surface area contributed by atoms with Crippen molar-refractivity contribution >= 4 is 12.0 Å². The van der Waals surface area contributed by atoms with Crippen molar-refractivity contribution in [2.45, 2.75) is 6.17 Å². The molecule has 5 nitrogen and oxygen atoms in total. The summed E-state index contributed by atoms with van der Waals surface area (Å²) in [6.45, 7) is -0.439. The fourth-order valence-electron chi connectivity index (χ4n) is 1.82. The van der Waals surface area contributed by atoms with Crippen LogP contribution >= 0.6 is 0 Å². The zero-order chi connectivity index (χ0) is 15.1. The molecular formula is C15H19FN4O. The molecule has 1 aromatic carbocycles. The molecule has 0 aromatic heterocycles. The Morgan fingerprint density at radius 2 is 2.38 bits per heavy atom. The summed E-state index contributed by atoms with van der Waals surface area (Å²) in [5.41, 5.74) is 6.81. The topological polar surface area (TPSA) is 62.9 Å². The lowest BCUT2D eigenvalue weighted by Gasteiger charge is -2.21. The van der Waals surface area contributed by atoms with Crippen LogP contribution in [-0.2, 0) is 0 Å². The summed E-state index contributed by atoms with van der Waals surface area (Å²) < 4.78 is 17.3. The monoisotopic (exact) mass is 290 g/mol. The first kappa shape index (κ1) is 15.1. The summed E-state index contributed by atoms with van der Waals surface area (Å²) in [7, 11) is 1.82. The molecule has 0 amide bonds. The van der Waals surface area contributed by atoms with Crippen molar-refractivity contribution in [2.75, 3.05) is 20.3 Å². The zero-order valence-corrected chi connectivity index (χ0v) is 11.9. The third-order valence-electron chi connectivity index (χ3n) is 2.89. The van der Waals surface area contributed by atoms with Gasteiger partial charge in [-0.1, -0.05) is 12.1 Å². The Balaban J connectivity index is 2.03. The quantitative estimate of drug-likeness (QED) is 0.837. The predicted molar refractivity (Wildman–Crippen MR) is 82.4 cm³/mol. The molecule has 3 N–H and O–H groups in total. The van der Waals surface area contributed by atoms with Gasteiger partial charge in [0.25, 0.3) is 0 Å². The van der Waals surface area contributed by atoms with Crippen molar-refractivity contribution in [1.82, 2.24) is 10.2 Å². The Labute approximate surface area is 123 Å². The van der Waals surface area contributed by atoms with Crippen LogP contribution in [0, 0.1) is 0 Å². The largest absolute Gasteiger partial charge is 0.491 e. The van der Waals surface area contributed by atoms with E-state index >= 15 is 0 Å². The van der Waals surface area contributed by atoms with Gasteiger partial charge in [0.2, 0.25) is 5.96 Å². The highest BCUT2D eigenvalue weighted by atomic mass is 19.1. The maximum atomic E-state index is 12.1. The highest BCUT2D eigenvalue weighted by molar-refractivity contribution is 5.82. The summed E-state index contributed by atoms with van der Waals surface area (Å²) in [4.78, 5) is 5.98. The molecule has 0 bridgehead atoms. The summed E-state index contributed by atoms with van der Waals surface area (Å²) in [5, 5.41) is 3.00. The van der Waals surface area contributed by atoms with Crippen molar-refractivity contribution in [3.8, 4) is 5.75 Å². The molecule has 0 spiro atoms. The average molecular weight is 290 g/mol. The molecule has 0 saturated carbocycles. The van der Waals surface area contributed by atoms with Gasteiger partial charge in [-0.15, -0.1) is 0 Å². The number of benzene rings is 1. The maximum Gasteiger partial charge on any atom is 0.201 e. The number of likely N-dealkylation sites (N-methyl/N-ethyl adjacent to an activating group) is 1. The lowest BCUT2D eigenvalue weighted by molar-refractivity contribution is 0.273. The van der Waals surface area contributed by atoms with Crippen LogP contribution in [0.3, 0.4) is 0 Å². The van der Waals surface area contributed by atoms with E-state index in [9.17, 15) is 4.39 Å². The van der Waals surface area contributed by atoms with Gasteiger partial charge in [-0.05, 0) is 36.9 Å². The van der Waals surface area contributed by atoms with Gasteiger partial charge in [0.05, 0.1) is 0 Å². The molecule has 1 aromatic rings. The number of hydrogen-bond acceptors (Lipinski definition) is 5. The van der Waals surface area contributed by atoms with E-state index in [0.717, 1.165) is 5.56 Å². The molecule has 2 rings (SSSR count). The van der Waals surface area contributed by atoms with Crippen LogP contribution in [0.2, 0.25) is 0 Å². The Morgan fingerprint density at radius 3 is 3.10 bits per heavy atom. The average Bonchev–Trinajstić information content (AvgIpc) is 2.52. The molecule has 1 heterocycles. The number of nitrogens with two attached hydrogens (primary N) is 1. The van der Waals surface area contributed by atoms with E-state index in [2.05, 4.69) is 10.3 Å². The van der Waals surface area contributed by atoms with E-state index < -0.39 is 6.67 Å². The van der Waals surface area contributed by atoms with Crippen LogP contribution in [0.4, 0.5) is 4.39 Å². The van der Waals surface area contributed by atoms with Crippen LogP contribution in [0.15, 0.2) is 47.7 Å². The van der Waals surface area contributed by atoms with Crippen LogP contribution < -0.4 is 15.8 Å². The van der Waals surface area contributed by atoms with Gasteiger partial charge >= 0.3 is 0 Å². The molecular weight excluding hydrogens is 271 g/mol. The summed E-state index contributed by atoms with van der Waals surface area (Å²) in [6.07, 6.45) is 7.36. The SMILES string of the molecule is CNC1C=CN(/C=C/c2cccc(OCCF)c2)C(N)=N1. The van der Waals surface area contributed by atoms with Crippen molar-refractivity contribution in [2.24, 2.45) is 10.7 Å². The van der Waals surface area contributed by atoms with Gasteiger partial charge in [0.1, 0.15) is 25.2 Å². The molecule has 1 aliphatic rings. The Kier molecular flexibility index (Phi) is 5.34. The third kappa shape index (κ3) is 4.32. The minimum absolute atomic E-state index is 0.0625. The Bertz CT molecular complexity index is 556. The highest BCUT2D eigenvalue weighted by Crippen LogP contribution is 2.15. The lowest BCUT2D eigenvalue weighted by Crippen LogP contribution is -2.36. The van der Waals surface area contributed by atoms with Crippen LogP contribution in [-0.4, -0.2) is 37.4 Å². The van der Waals surface area contributed by atoms with E-state index in [0.29, 0.717) is 11.7 Å². The maximum absolute atomic E-state index is 12.1. The molecule has 1 atom stereocenters. The van der Waals surface area contributed by atoms with Gasteiger partial charge in [0, 0.05) is 12.4 Å². The lowest BCUT2D eigenvalue weighted by atomic mass is 10.2. The van der Waals surface area contributed by atoms with Gasteiger partial charge in [0.15, 0.2) is 0 Å². The number of alkyl halides is 1. The molecule has 6 heteroatoms. The van der Waals surface area contributed by atoms with Crippen LogP contribution in [0.5, 0.6) is 5.75 Å². The number of rotatable bonds is 6. The number of aliphatic imine (C=N–C) groups is 1. The fourth-order valence-corrected chi connectivity index (χ4v) is 1.82. The number of guanidine groups is 1. The second-order valence-electron chi connectivity index (χ2n) is 4.40.